The van der Waals surface area contributed by atoms with Crippen molar-refractivity contribution >= 4 is 16.9 Å². The molecule has 0 saturated carbocycles. The molecule has 30 heavy (non-hydrogen) atoms. The van der Waals surface area contributed by atoms with Crippen molar-refractivity contribution in [1.29, 1.82) is 0 Å². The summed E-state index contributed by atoms with van der Waals surface area (Å²) in [6, 6.07) is 16.0. The smallest absolute Gasteiger partial charge is 0.168 e. The molecule has 0 radical (unpaired) electrons. The van der Waals surface area contributed by atoms with E-state index < -0.39 is 0 Å². The maximum atomic E-state index is 13.3. The molecule has 1 atom stereocenters. The monoisotopic (exact) mass is 399 g/mol. The summed E-state index contributed by atoms with van der Waals surface area (Å²) in [7, 11) is 1.96. The van der Waals surface area contributed by atoms with Crippen LogP contribution in [0.2, 0.25) is 0 Å². The van der Waals surface area contributed by atoms with Crippen LogP contribution in [0.25, 0.3) is 16.7 Å². The number of anilines is 1. The van der Waals surface area contributed by atoms with Crippen LogP contribution in [0.5, 0.6) is 0 Å². The lowest BCUT2D eigenvalue weighted by molar-refractivity contribution is 0.627. The maximum Gasteiger partial charge on any atom is 0.168 e. The van der Waals surface area contributed by atoms with E-state index in [-0.39, 0.29) is 11.9 Å². The number of fused-ring (bicyclic) bond motifs is 1. The average Bonchev–Trinajstić information content (AvgIpc) is 3.40. The van der Waals surface area contributed by atoms with Gasteiger partial charge in [-0.05, 0) is 29.8 Å². The fourth-order valence-electron chi connectivity index (χ4n) is 3.46. The summed E-state index contributed by atoms with van der Waals surface area (Å²) >= 11 is 0. The summed E-state index contributed by atoms with van der Waals surface area (Å²) in [5, 5.41) is 8.72. The highest BCUT2D eigenvalue weighted by Crippen LogP contribution is 2.28. The van der Waals surface area contributed by atoms with E-state index in [2.05, 4.69) is 25.4 Å². The molecular formula is C22H18FN7. The summed E-state index contributed by atoms with van der Waals surface area (Å²) in [5.41, 5.74) is 2.41. The van der Waals surface area contributed by atoms with Crippen LogP contribution in [0.1, 0.15) is 17.4 Å². The van der Waals surface area contributed by atoms with E-state index >= 15 is 0 Å². The van der Waals surface area contributed by atoms with E-state index in [1.807, 2.05) is 48.1 Å². The summed E-state index contributed by atoms with van der Waals surface area (Å²) in [6.45, 7) is 0. The van der Waals surface area contributed by atoms with Crippen LogP contribution in [0.4, 0.5) is 10.2 Å². The standard InChI is InChI=1S/C22H18FN7/c1-29-12-11-24-22(29)19(15-5-3-2-4-6-15)28-20-18-13-27-30(21(18)26-14-25-20)17-9-7-16(23)8-10-17/h2-14,19H,1H3,(H,25,26,28)/t19-/m0/s1. The molecule has 0 amide bonds. The van der Waals surface area contributed by atoms with Crippen LogP contribution in [-0.4, -0.2) is 29.3 Å². The fourth-order valence-corrected chi connectivity index (χ4v) is 3.46. The molecule has 148 valence electrons. The van der Waals surface area contributed by atoms with E-state index in [1.165, 1.54) is 18.5 Å². The lowest BCUT2D eigenvalue weighted by atomic mass is 10.1. The van der Waals surface area contributed by atoms with Gasteiger partial charge in [-0.3, -0.25) is 0 Å². The van der Waals surface area contributed by atoms with Crippen molar-refractivity contribution < 1.29 is 4.39 Å². The van der Waals surface area contributed by atoms with Crippen LogP contribution in [0, 0.1) is 5.82 Å². The second-order valence-electron chi connectivity index (χ2n) is 6.88. The molecule has 0 aliphatic rings. The van der Waals surface area contributed by atoms with Gasteiger partial charge in [0, 0.05) is 19.4 Å². The van der Waals surface area contributed by atoms with Gasteiger partial charge in [-0.1, -0.05) is 30.3 Å². The summed E-state index contributed by atoms with van der Waals surface area (Å²) in [5.74, 6) is 1.21. The van der Waals surface area contributed by atoms with Crippen LogP contribution in [-0.2, 0) is 7.05 Å². The summed E-state index contributed by atoms with van der Waals surface area (Å²) in [4.78, 5) is 13.4. The van der Waals surface area contributed by atoms with Gasteiger partial charge in [-0.15, -0.1) is 0 Å². The average molecular weight is 399 g/mol. The number of nitrogens with zero attached hydrogens (tertiary/aromatic N) is 6. The first kappa shape index (κ1) is 18.0. The van der Waals surface area contributed by atoms with Crippen molar-refractivity contribution in [2.24, 2.45) is 7.05 Å². The third-order valence-electron chi connectivity index (χ3n) is 4.97. The molecule has 0 bridgehead atoms. The maximum absolute atomic E-state index is 13.3. The third kappa shape index (κ3) is 3.18. The third-order valence-corrected chi connectivity index (χ3v) is 4.97. The van der Waals surface area contributed by atoms with Gasteiger partial charge in [0.1, 0.15) is 29.8 Å². The van der Waals surface area contributed by atoms with Gasteiger partial charge in [-0.25, -0.2) is 24.0 Å². The van der Waals surface area contributed by atoms with Crippen molar-refractivity contribution in [3.05, 3.63) is 96.7 Å². The number of halogens is 1. The van der Waals surface area contributed by atoms with Gasteiger partial charge in [0.2, 0.25) is 0 Å². The fraction of sp³-hybridized carbons (Fsp3) is 0.0909. The summed E-state index contributed by atoms with van der Waals surface area (Å²) in [6.07, 6.45) is 6.89. The molecule has 2 aromatic carbocycles. The molecule has 5 aromatic rings. The Labute approximate surface area is 171 Å². The van der Waals surface area contributed by atoms with Crippen molar-refractivity contribution in [2.75, 3.05) is 5.32 Å². The lowest BCUT2D eigenvalue weighted by Crippen LogP contribution is -2.17. The number of imidazole rings is 1. The first-order chi connectivity index (χ1) is 14.7. The minimum Gasteiger partial charge on any atom is -0.356 e. The lowest BCUT2D eigenvalue weighted by Gasteiger charge is -2.20. The predicted molar refractivity (Wildman–Crippen MR) is 112 cm³/mol. The van der Waals surface area contributed by atoms with Gasteiger partial charge in [-0.2, -0.15) is 5.10 Å². The zero-order valence-electron chi connectivity index (χ0n) is 16.1. The molecular weight excluding hydrogens is 381 g/mol. The second kappa shape index (κ2) is 7.40. The van der Waals surface area contributed by atoms with Gasteiger partial charge < -0.3 is 9.88 Å². The first-order valence-corrected chi connectivity index (χ1v) is 9.44. The zero-order chi connectivity index (χ0) is 20.5. The molecule has 0 saturated heterocycles. The second-order valence-corrected chi connectivity index (χ2v) is 6.88. The van der Waals surface area contributed by atoms with Crippen LogP contribution >= 0.6 is 0 Å². The largest absolute Gasteiger partial charge is 0.356 e. The molecule has 0 spiro atoms. The number of hydrogen-bond donors (Lipinski definition) is 1. The minimum absolute atomic E-state index is 0.210. The molecule has 1 N–H and O–H groups in total. The van der Waals surface area contributed by atoms with Crippen molar-refractivity contribution in [2.45, 2.75) is 6.04 Å². The van der Waals surface area contributed by atoms with Gasteiger partial charge in [0.05, 0.1) is 17.3 Å². The van der Waals surface area contributed by atoms with Crippen molar-refractivity contribution in [3.63, 3.8) is 0 Å². The number of benzene rings is 2. The SMILES string of the molecule is Cn1ccnc1[C@@H](Nc1ncnc2c1cnn2-c1ccc(F)cc1)c1ccccc1. The Hall–Kier alpha value is -4.07. The molecule has 3 heterocycles. The minimum atomic E-state index is -0.298. The molecule has 0 fully saturated rings. The highest BCUT2D eigenvalue weighted by Gasteiger charge is 2.21. The number of nitrogens with one attached hydrogen (secondary N) is 1. The number of rotatable bonds is 5. The Morgan fingerprint density at radius 2 is 1.77 bits per heavy atom. The van der Waals surface area contributed by atoms with Crippen LogP contribution in [0.3, 0.4) is 0 Å². The number of hydrogen-bond acceptors (Lipinski definition) is 5. The van der Waals surface area contributed by atoms with Gasteiger partial charge in [0.25, 0.3) is 0 Å². The molecule has 3 aromatic heterocycles. The van der Waals surface area contributed by atoms with Crippen molar-refractivity contribution in [1.82, 2.24) is 29.3 Å². The van der Waals surface area contributed by atoms with Crippen molar-refractivity contribution in [3.8, 4) is 5.69 Å². The molecule has 0 unspecified atom stereocenters. The van der Waals surface area contributed by atoms with E-state index in [0.717, 1.165) is 22.5 Å². The number of aryl methyl sites for hydroxylation is 1. The Balaban J connectivity index is 1.58. The molecule has 7 nitrogen and oxygen atoms in total. The molecule has 5 rings (SSSR count). The van der Waals surface area contributed by atoms with Crippen LogP contribution < -0.4 is 5.32 Å². The van der Waals surface area contributed by atoms with E-state index in [0.29, 0.717) is 11.5 Å². The number of aromatic nitrogens is 6. The normalized spacial score (nSPS) is 12.2. The van der Waals surface area contributed by atoms with E-state index in [1.54, 1.807) is 29.2 Å². The topological polar surface area (TPSA) is 73.5 Å². The molecule has 0 aliphatic carbocycles. The summed E-state index contributed by atoms with van der Waals surface area (Å²) < 4.78 is 16.9. The van der Waals surface area contributed by atoms with Gasteiger partial charge in [0.15, 0.2) is 5.65 Å². The van der Waals surface area contributed by atoms with E-state index in [9.17, 15) is 4.39 Å². The predicted octanol–water partition coefficient (Wildman–Crippen LogP) is 3.89. The zero-order valence-corrected chi connectivity index (χ0v) is 16.1. The molecule has 8 heteroatoms. The highest BCUT2D eigenvalue weighted by atomic mass is 19.1. The Bertz CT molecular complexity index is 1290. The van der Waals surface area contributed by atoms with Crippen LogP contribution in [0.15, 0.2) is 79.5 Å². The van der Waals surface area contributed by atoms with E-state index in [4.69, 9.17) is 0 Å². The van der Waals surface area contributed by atoms with Gasteiger partial charge >= 0.3 is 0 Å². The first-order valence-electron chi connectivity index (χ1n) is 9.44. The highest BCUT2D eigenvalue weighted by molar-refractivity contribution is 5.87. The Morgan fingerprint density at radius 3 is 2.50 bits per heavy atom. The molecule has 0 aliphatic heterocycles. The Morgan fingerprint density at radius 1 is 0.967 bits per heavy atom. The quantitative estimate of drug-likeness (QED) is 0.485. The Kier molecular flexibility index (Phi) is 4.44.